The van der Waals surface area contributed by atoms with Crippen molar-refractivity contribution in [3.63, 3.8) is 0 Å². The van der Waals surface area contributed by atoms with Crippen LogP contribution in [0.5, 0.6) is 0 Å². The number of hydrogen-bond donors (Lipinski definition) is 1. The first kappa shape index (κ1) is 21.1. The van der Waals surface area contributed by atoms with Gasteiger partial charge in [0.05, 0.1) is 11.9 Å². The minimum Gasteiger partial charge on any atom is -0.353 e. The molecule has 0 spiro atoms. The van der Waals surface area contributed by atoms with E-state index in [1.54, 1.807) is 19.1 Å². The number of hydrogen-bond acceptors (Lipinski definition) is 4. The summed E-state index contributed by atoms with van der Waals surface area (Å²) in [7, 11) is -3.56. The number of aryl methyl sites for hydroxylation is 1. The second kappa shape index (κ2) is 9.65. The highest BCUT2D eigenvalue weighted by molar-refractivity contribution is 7.99. The highest BCUT2D eigenvalue weighted by Gasteiger charge is 2.28. The summed E-state index contributed by atoms with van der Waals surface area (Å²) in [5.41, 5.74) is 1.55. The van der Waals surface area contributed by atoms with Gasteiger partial charge in [0, 0.05) is 17.5 Å². The van der Waals surface area contributed by atoms with Crippen molar-refractivity contribution in [2.45, 2.75) is 57.2 Å². The zero-order chi connectivity index (χ0) is 19.2. The molecule has 5 nitrogen and oxygen atoms in total. The van der Waals surface area contributed by atoms with Crippen LogP contribution in [-0.4, -0.2) is 44.2 Å². The van der Waals surface area contributed by atoms with E-state index in [9.17, 15) is 13.2 Å². The molecular weight excluding hydrogens is 368 g/mol. The number of amides is 1. The Kier molecular flexibility index (Phi) is 7.83. The van der Waals surface area contributed by atoms with Crippen molar-refractivity contribution >= 4 is 33.4 Å². The summed E-state index contributed by atoms with van der Waals surface area (Å²) in [4.78, 5) is 12.5. The van der Waals surface area contributed by atoms with E-state index in [4.69, 9.17) is 0 Å². The van der Waals surface area contributed by atoms with Gasteiger partial charge in [-0.3, -0.25) is 9.10 Å². The summed E-state index contributed by atoms with van der Waals surface area (Å²) in [6, 6.07) is 6.38. The van der Waals surface area contributed by atoms with E-state index < -0.39 is 16.1 Å². The molecule has 1 aromatic carbocycles. The van der Waals surface area contributed by atoms with E-state index in [1.165, 1.54) is 36.4 Å². The van der Waals surface area contributed by atoms with Crippen LogP contribution in [0.4, 0.5) is 5.69 Å². The van der Waals surface area contributed by atoms with Crippen LogP contribution < -0.4 is 9.62 Å². The molecule has 1 fully saturated rings. The minimum atomic E-state index is -3.56. The lowest BCUT2D eigenvalue weighted by Crippen LogP contribution is -2.48. The summed E-state index contributed by atoms with van der Waals surface area (Å²) < 4.78 is 25.7. The highest BCUT2D eigenvalue weighted by Crippen LogP contribution is 2.27. The van der Waals surface area contributed by atoms with Gasteiger partial charge in [-0.25, -0.2) is 8.42 Å². The van der Waals surface area contributed by atoms with E-state index in [-0.39, 0.29) is 5.91 Å². The maximum Gasteiger partial charge on any atom is 0.243 e. The molecule has 1 N–H and O–H groups in total. The second-order valence-corrected chi connectivity index (χ2v) is 10.3. The monoisotopic (exact) mass is 398 g/mol. The number of carbonyl (C=O) groups excluding carboxylic acids is 1. The normalized spacial score (nSPS) is 16.9. The summed E-state index contributed by atoms with van der Waals surface area (Å²) >= 11 is 1.92. The topological polar surface area (TPSA) is 66.5 Å². The Morgan fingerprint density at radius 3 is 2.42 bits per heavy atom. The largest absolute Gasteiger partial charge is 0.353 e. The number of thioether (sulfide) groups is 1. The SMILES string of the molecule is Cc1ccc(N([C@@H](C)C(=O)NCCSC2CCCCC2)S(C)(=O)=O)cc1. The third-order valence-electron chi connectivity index (χ3n) is 4.68. The predicted molar refractivity (Wildman–Crippen MR) is 110 cm³/mol. The third kappa shape index (κ3) is 6.20. The van der Waals surface area contributed by atoms with E-state index >= 15 is 0 Å². The minimum absolute atomic E-state index is 0.264. The van der Waals surface area contributed by atoms with Gasteiger partial charge in [-0.05, 0) is 38.8 Å². The summed E-state index contributed by atoms with van der Waals surface area (Å²) in [6.07, 6.45) is 7.62. The fraction of sp³-hybridized carbons (Fsp3) is 0.632. The molecule has 0 unspecified atom stereocenters. The van der Waals surface area contributed by atoms with E-state index in [2.05, 4.69) is 5.32 Å². The van der Waals surface area contributed by atoms with Gasteiger partial charge in [-0.1, -0.05) is 37.0 Å². The Labute approximate surface area is 162 Å². The number of sulfonamides is 1. The maximum atomic E-state index is 12.5. The Morgan fingerprint density at radius 1 is 1.23 bits per heavy atom. The first-order valence-electron chi connectivity index (χ1n) is 9.24. The molecule has 2 rings (SSSR count). The van der Waals surface area contributed by atoms with Crippen molar-refractivity contribution in [1.82, 2.24) is 5.32 Å². The third-order valence-corrected chi connectivity index (χ3v) is 7.31. The van der Waals surface area contributed by atoms with Crippen molar-refractivity contribution < 1.29 is 13.2 Å². The fourth-order valence-electron chi connectivity index (χ4n) is 3.28. The Morgan fingerprint density at radius 2 is 1.85 bits per heavy atom. The molecule has 0 bridgehead atoms. The van der Waals surface area contributed by atoms with Gasteiger partial charge in [0.1, 0.15) is 6.04 Å². The van der Waals surface area contributed by atoms with Gasteiger partial charge in [0.25, 0.3) is 0 Å². The zero-order valence-corrected chi connectivity index (χ0v) is 17.5. The van der Waals surface area contributed by atoms with Crippen LogP contribution in [0, 0.1) is 6.92 Å². The second-order valence-electron chi connectivity index (χ2n) is 6.99. The number of anilines is 1. The van der Waals surface area contributed by atoms with Gasteiger partial charge >= 0.3 is 0 Å². The first-order valence-corrected chi connectivity index (χ1v) is 12.1. The lowest BCUT2D eigenvalue weighted by molar-refractivity contribution is -0.121. The summed E-state index contributed by atoms with van der Waals surface area (Å²) in [6.45, 7) is 4.13. The molecule has 1 amide bonds. The molecule has 0 saturated heterocycles. The fourth-order valence-corrected chi connectivity index (χ4v) is 5.67. The smallest absolute Gasteiger partial charge is 0.243 e. The van der Waals surface area contributed by atoms with Crippen molar-refractivity contribution in [3.05, 3.63) is 29.8 Å². The lowest BCUT2D eigenvalue weighted by atomic mass is 10.0. The van der Waals surface area contributed by atoms with Crippen molar-refractivity contribution in [2.75, 3.05) is 22.9 Å². The number of nitrogens with zero attached hydrogens (tertiary/aromatic N) is 1. The molecule has 1 aromatic rings. The van der Waals surface area contributed by atoms with Gasteiger partial charge in [0.2, 0.25) is 15.9 Å². The van der Waals surface area contributed by atoms with Gasteiger partial charge < -0.3 is 5.32 Å². The summed E-state index contributed by atoms with van der Waals surface area (Å²) in [5, 5.41) is 3.60. The van der Waals surface area contributed by atoms with Crippen molar-refractivity contribution in [3.8, 4) is 0 Å². The number of rotatable bonds is 8. The van der Waals surface area contributed by atoms with Crippen LogP contribution in [0.3, 0.4) is 0 Å². The van der Waals surface area contributed by atoms with Crippen LogP contribution in [0.1, 0.15) is 44.6 Å². The number of benzene rings is 1. The first-order chi connectivity index (χ1) is 12.3. The number of carbonyl (C=O) groups is 1. The molecule has 1 atom stereocenters. The zero-order valence-electron chi connectivity index (χ0n) is 15.9. The molecule has 7 heteroatoms. The van der Waals surface area contributed by atoms with Crippen LogP contribution in [0.15, 0.2) is 24.3 Å². The average molecular weight is 399 g/mol. The quantitative estimate of drug-likeness (QED) is 0.682. The molecule has 0 heterocycles. The highest BCUT2D eigenvalue weighted by atomic mass is 32.2. The van der Waals surface area contributed by atoms with Crippen LogP contribution >= 0.6 is 11.8 Å². The molecule has 1 saturated carbocycles. The number of nitrogens with one attached hydrogen (secondary N) is 1. The Balaban J connectivity index is 1.91. The molecule has 0 aliphatic heterocycles. The molecule has 146 valence electrons. The van der Waals surface area contributed by atoms with Crippen molar-refractivity contribution in [2.24, 2.45) is 0 Å². The maximum absolute atomic E-state index is 12.5. The van der Waals surface area contributed by atoms with Crippen molar-refractivity contribution in [1.29, 1.82) is 0 Å². The van der Waals surface area contributed by atoms with Crippen LogP contribution in [-0.2, 0) is 14.8 Å². The van der Waals surface area contributed by atoms with Gasteiger partial charge in [0.15, 0.2) is 0 Å². The predicted octanol–water partition coefficient (Wildman–Crippen LogP) is 3.33. The Bertz CT molecular complexity index is 683. The lowest BCUT2D eigenvalue weighted by Gasteiger charge is -2.28. The molecule has 1 aliphatic carbocycles. The van der Waals surface area contributed by atoms with E-state index in [0.717, 1.165) is 17.6 Å². The molecule has 1 aliphatic rings. The van der Waals surface area contributed by atoms with E-state index in [1.807, 2.05) is 30.8 Å². The van der Waals surface area contributed by atoms with Gasteiger partial charge in [-0.15, -0.1) is 0 Å². The standard InChI is InChI=1S/C19H30N2O3S2/c1-15-9-11-17(12-10-15)21(26(3,23)24)16(2)19(22)20-13-14-25-18-7-5-4-6-8-18/h9-12,16,18H,4-8,13-14H2,1-3H3,(H,20,22)/t16-/m0/s1. The van der Waals surface area contributed by atoms with Gasteiger partial charge in [-0.2, -0.15) is 11.8 Å². The molecular formula is C19H30N2O3S2. The molecule has 0 aromatic heterocycles. The molecule has 26 heavy (non-hydrogen) atoms. The average Bonchev–Trinajstić information content (AvgIpc) is 2.60. The Hall–Kier alpha value is -1.21. The molecule has 0 radical (unpaired) electrons. The van der Waals surface area contributed by atoms with Crippen LogP contribution in [0.25, 0.3) is 0 Å². The summed E-state index contributed by atoms with van der Waals surface area (Å²) in [5.74, 6) is 0.604. The van der Waals surface area contributed by atoms with E-state index in [0.29, 0.717) is 17.5 Å². The van der Waals surface area contributed by atoms with Crippen LogP contribution in [0.2, 0.25) is 0 Å².